The first-order valence-electron chi connectivity index (χ1n) is 9.18. The Balaban J connectivity index is 1.46. The van der Waals surface area contributed by atoms with Crippen molar-refractivity contribution in [3.8, 4) is 5.75 Å². The highest BCUT2D eigenvalue weighted by molar-refractivity contribution is 5.96. The van der Waals surface area contributed by atoms with Crippen molar-refractivity contribution in [2.24, 2.45) is 5.92 Å². The normalized spacial score (nSPS) is 23.1. The molecule has 3 atom stereocenters. The number of aromatic nitrogens is 1. The van der Waals surface area contributed by atoms with Gasteiger partial charge >= 0.3 is 6.36 Å². The molecule has 0 radical (unpaired) electrons. The molecule has 29 heavy (non-hydrogen) atoms. The third kappa shape index (κ3) is 4.18. The maximum atomic E-state index is 12.9. The van der Waals surface area contributed by atoms with Crippen LogP contribution in [0.5, 0.6) is 5.75 Å². The van der Waals surface area contributed by atoms with Gasteiger partial charge in [0.15, 0.2) is 0 Å². The summed E-state index contributed by atoms with van der Waals surface area (Å²) in [4.78, 5) is 30.9. The first kappa shape index (κ1) is 19.2. The summed E-state index contributed by atoms with van der Waals surface area (Å²) in [6.07, 6.45) is -0.265. The van der Waals surface area contributed by atoms with Gasteiger partial charge in [0.25, 0.3) is 11.8 Å². The molecule has 1 aromatic carbocycles. The molecule has 2 aliphatic rings. The van der Waals surface area contributed by atoms with E-state index in [2.05, 4.69) is 15.0 Å². The van der Waals surface area contributed by atoms with Crippen LogP contribution < -0.4 is 10.1 Å². The fourth-order valence-electron chi connectivity index (χ4n) is 4.15. The number of amides is 2. The molecule has 2 bridgehead atoms. The molecule has 9 heteroatoms. The van der Waals surface area contributed by atoms with E-state index in [0.29, 0.717) is 12.1 Å². The number of nitrogens with one attached hydrogen (secondary N) is 1. The summed E-state index contributed by atoms with van der Waals surface area (Å²) in [5, 5.41) is 2.96. The van der Waals surface area contributed by atoms with Crippen LogP contribution in [0.25, 0.3) is 0 Å². The molecule has 152 valence electrons. The van der Waals surface area contributed by atoms with E-state index in [0.717, 1.165) is 25.0 Å². The second-order valence-electron chi connectivity index (χ2n) is 7.26. The van der Waals surface area contributed by atoms with E-state index in [9.17, 15) is 22.8 Å². The molecule has 1 aliphatic carbocycles. The Morgan fingerprint density at radius 2 is 1.93 bits per heavy atom. The van der Waals surface area contributed by atoms with Crippen molar-refractivity contribution in [3.63, 3.8) is 0 Å². The topological polar surface area (TPSA) is 71.5 Å². The van der Waals surface area contributed by atoms with Gasteiger partial charge in [-0.2, -0.15) is 0 Å². The summed E-state index contributed by atoms with van der Waals surface area (Å²) in [6, 6.07) is 7.97. The molecule has 1 aromatic heterocycles. The molecule has 1 saturated heterocycles. The lowest BCUT2D eigenvalue weighted by Crippen LogP contribution is -2.52. The molecule has 0 unspecified atom stereocenters. The molecule has 4 rings (SSSR count). The minimum Gasteiger partial charge on any atom is -0.406 e. The zero-order valence-electron chi connectivity index (χ0n) is 15.2. The zero-order chi connectivity index (χ0) is 20.6. The van der Waals surface area contributed by atoms with Crippen LogP contribution in [0.3, 0.4) is 0 Å². The number of ether oxygens (including phenoxy) is 1. The van der Waals surface area contributed by atoms with Gasteiger partial charge in [0.1, 0.15) is 5.75 Å². The molecule has 1 saturated carbocycles. The molecule has 1 aliphatic heterocycles. The molecule has 2 fully saturated rings. The van der Waals surface area contributed by atoms with Crippen LogP contribution in [0.15, 0.2) is 48.8 Å². The van der Waals surface area contributed by atoms with E-state index in [4.69, 9.17) is 0 Å². The summed E-state index contributed by atoms with van der Waals surface area (Å²) >= 11 is 0. The number of carbonyl (C=O) groups is 2. The van der Waals surface area contributed by atoms with E-state index >= 15 is 0 Å². The van der Waals surface area contributed by atoms with Crippen LogP contribution in [0, 0.1) is 5.92 Å². The van der Waals surface area contributed by atoms with E-state index < -0.39 is 12.1 Å². The number of benzene rings is 1. The number of nitrogens with zero attached hydrogens (tertiary/aromatic N) is 2. The van der Waals surface area contributed by atoms with Crippen LogP contribution in [0.4, 0.5) is 13.2 Å². The summed E-state index contributed by atoms with van der Waals surface area (Å²) in [7, 11) is 0. The SMILES string of the molecule is O=C(N[C@H]1C[C@@H]2C[C@H]1N(C(=O)c1cccc(OC(F)(F)F)c1)C2)c1cccnc1. The summed E-state index contributed by atoms with van der Waals surface area (Å²) in [6.45, 7) is 0.521. The number of hydrogen-bond acceptors (Lipinski definition) is 4. The quantitative estimate of drug-likeness (QED) is 0.849. The predicted molar refractivity (Wildman–Crippen MR) is 96.2 cm³/mol. The Labute approximate surface area is 164 Å². The van der Waals surface area contributed by atoms with Crippen LogP contribution in [-0.2, 0) is 0 Å². The largest absolute Gasteiger partial charge is 0.573 e. The average Bonchev–Trinajstić information content (AvgIpc) is 3.27. The van der Waals surface area contributed by atoms with Crippen molar-refractivity contribution < 1.29 is 27.5 Å². The third-order valence-corrected chi connectivity index (χ3v) is 5.30. The second-order valence-corrected chi connectivity index (χ2v) is 7.26. The minimum atomic E-state index is -4.82. The Hall–Kier alpha value is -3.10. The van der Waals surface area contributed by atoms with Gasteiger partial charge in [-0.1, -0.05) is 6.07 Å². The van der Waals surface area contributed by atoms with Gasteiger partial charge in [-0.15, -0.1) is 13.2 Å². The van der Waals surface area contributed by atoms with Crippen molar-refractivity contribution in [3.05, 3.63) is 59.9 Å². The molecule has 2 amide bonds. The lowest BCUT2D eigenvalue weighted by atomic mass is 10.0. The number of pyridine rings is 1. The van der Waals surface area contributed by atoms with Gasteiger partial charge in [0, 0.05) is 30.5 Å². The highest BCUT2D eigenvalue weighted by atomic mass is 19.4. The molecule has 2 heterocycles. The number of piperidine rings is 1. The molecule has 6 nitrogen and oxygen atoms in total. The van der Waals surface area contributed by atoms with Gasteiger partial charge in [-0.25, -0.2) is 0 Å². The number of fused-ring (bicyclic) bond motifs is 2. The van der Waals surface area contributed by atoms with Crippen LogP contribution >= 0.6 is 0 Å². The number of halogens is 3. The molecule has 2 aromatic rings. The highest BCUT2D eigenvalue weighted by Gasteiger charge is 2.47. The van der Waals surface area contributed by atoms with Gasteiger partial charge in [-0.05, 0) is 49.1 Å². The first-order valence-corrected chi connectivity index (χ1v) is 9.18. The van der Waals surface area contributed by atoms with Gasteiger partial charge in [0.2, 0.25) is 0 Å². The number of alkyl halides is 3. The van der Waals surface area contributed by atoms with Crippen molar-refractivity contribution >= 4 is 11.8 Å². The molecule has 1 N–H and O–H groups in total. The smallest absolute Gasteiger partial charge is 0.406 e. The average molecular weight is 405 g/mol. The van der Waals surface area contributed by atoms with E-state index in [1.807, 2.05) is 0 Å². The summed E-state index contributed by atoms with van der Waals surface area (Å²) < 4.78 is 41.3. The monoisotopic (exact) mass is 405 g/mol. The van der Waals surface area contributed by atoms with Crippen LogP contribution in [0.1, 0.15) is 33.6 Å². The highest BCUT2D eigenvalue weighted by Crippen LogP contribution is 2.39. The lowest BCUT2D eigenvalue weighted by molar-refractivity contribution is -0.274. The van der Waals surface area contributed by atoms with Gasteiger partial charge in [0.05, 0.1) is 11.6 Å². The number of rotatable bonds is 4. The fraction of sp³-hybridized carbons (Fsp3) is 0.350. The van der Waals surface area contributed by atoms with Crippen molar-refractivity contribution in [2.45, 2.75) is 31.3 Å². The predicted octanol–water partition coefficient (Wildman–Crippen LogP) is 3.01. The minimum absolute atomic E-state index is 0.122. The summed E-state index contributed by atoms with van der Waals surface area (Å²) in [5.41, 5.74) is 0.557. The van der Waals surface area contributed by atoms with E-state index in [1.54, 1.807) is 23.2 Å². The van der Waals surface area contributed by atoms with E-state index in [-0.39, 0.29) is 35.4 Å². The third-order valence-electron chi connectivity index (χ3n) is 5.30. The van der Waals surface area contributed by atoms with Crippen LogP contribution in [-0.4, -0.2) is 46.7 Å². The fourth-order valence-corrected chi connectivity index (χ4v) is 4.15. The van der Waals surface area contributed by atoms with Crippen molar-refractivity contribution in [1.82, 2.24) is 15.2 Å². The van der Waals surface area contributed by atoms with Gasteiger partial charge < -0.3 is 15.0 Å². The molecule has 0 spiro atoms. The molecular weight excluding hydrogens is 387 g/mol. The second kappa shape index (κ2) is 7.38. The zero-order valence-corrected chi connectivity index (χ0v) is 15.2. The first-order chi connectivity index (χ1) is 13.8. The maximum Gasteiger partial charge on any atom is 0.573 e. The number of likely N-dealkylation sites (tertiary alicyclic amines) is 1. The van der Waals surface area contributed by atoms with Crippen molar-refractivity contribution in [2.75, 3.05) is 6.54 Å². The molecular formula is C20H18F3N3O3. The van der Waals surface area contributed by atoms with Crippen molar-refractivity contribution in [1.29, 1.82) is 0 Å². The summed E-state index contributed by atoms with van der Waals surface area (Å²) in [5.74, 6) is -0.819. The number of carbonyl (C=O) groups excluding carboxylic acids is 2. The van der Waals surface area contributed by atoms with Crippen LogP contribution in [0.2, 0.25) is 0 Å². The lowest BCUT2D eigenvalue weighted by Gasteiger charge is -2.34. The van der Waals surface area contributed by atoms with E-state index in [1.165, 1.54) is 18.3 Å². The Morgan fingerprint density at radius 1 is 1.14 bits per heavy atom. The van der Waals surface area contributed by atoms with Gasteiger partial charge in [-0.3, -0.25) is 14.6 Å². The Kier molecular flexibility index (Phi) is 4.89. The Bertz CT molecular complexity index is 920. The number of hydrogen-bond donors (Lipinski definition) is 1. The Morgan fingerprint density at radius 3 is 2.62 bits per heavy atom. The maximum absolute atomic E-state index is 12.9. The standard InChI is InChI=1S/C20H18F3N3O3/c21-20(22,23)29-15-5-1-3-13(9-15)19(28)26-11-12-7-16(17(26)8-12)25-18(27)14-4-2-6-24-10-14/h1-6,9-10,12,16-17H,7-8,11H2,(H,25,27)/t12-,16+,17-/m1/s1.